The Hall–Kier alpha value is -3.28. The molecule has 2 N–H and O–H groups in total. The van der Waals surface area contributed by atoms with E-state index in [-0.39, 0.29) is 23.5 Å². The van der Waals surface area contributed by atoms with E-state index in [0.717, 1.165) is 5.56 Å². The van der Waals surface area contributed by atoms with Crippen molar-refractivity contribution in [3.63, 3.8) is 0 Å². The van der Waals surface area contributed by atoms with Crippen LogP contribution in [0.2, 0.25) is 0 Å². The Morgan fingerprint density at radius 2 is 1.68 bits per heavy atom. The number of hydrogen-bond donors (Lipinski definition) is 2. The van der Waals surface area contributed by atoms with Crippen molar-refractivity contribution in [3.05, 3.63) is 83.8 Å². The van der Waals surface area contributed by atoms with Crippen LogP contribution in [-0.4, -0.2) is 16.1 Å². The third kappa shape index (κ3) is 4.17. The molecule has 0 saturated heterocycles. The smallest absolute Gasteiger partial charge is 0.272 e. The number of anilines is 2. The average molecular weight is 336 g/mol. The number of rotatable bonds is 5. The van der Waals surface area contributed by atoms with Crippen molar-refractivity contribution in [1.29, 1.82) is 0 Å². The Kier molecular flexibility index (Phi) is 4.99. The molecule has 1 unspecified atom stereocenters. The molecule has 1 aromatic heterocycles. The highest BCUT2D eigenvalue weighted by Crippen LogP contribution is 2.17. The summed E-state index contributed by atoms with van der Waals surface area (Å²) < 4.78 is 13.6. The lowest BCUT2D eigenvalue weighted by molar-refractivity contribution is 0.0934. The normalized spacial score (nSPS) is 11.6. The van der Waals surface area contributed by atoms with Crippen molar-refractivity contribution < 1.29 is 9.18 Å². The third-order valence-electron chi connectivity index (χ3n) is 3.68. The summed E-state index contributed by atoms with van der Waals surface area (Å²) in [6.45, 7) is 1.90. The van der Waals surface area contributed by atoms with Gasteiger partial charge in [-0.1, -0.05) is 42.5 Å². The molecule has 0 radical (unpaired) electrons. The quantitative estimate of drug-likeness (QED) is 0.743. The summed E-state index contributed by atoms with van der Waals surface area (Å²) in [5.74, 6) is -0.346. The predicted octanol–water partition coefficient (Wildman–Crippen LogP) is 3.85. The van der Waals surface area contributed by atoms with Crippen LogP contribution in [0.25, 0.3) is 0 Å². The largest absolute Gasteiger partial charge is 0.344 e. The molecule has 2 aromatic carbocycles. The van der Waals surface area contributed by atoms with Crippen LogP contribution >= 0.6 is 0 Å². The predicted molar refractivity (Wildman–Crippen MR) is 94.0 cm³/mol. The monoisotopic (exact) mass is 336 g/mol. The summed E-state index contributed by atoms with van der Waals surface area (Å²) in [7, 11) is 0. The molecule has 5 nitrogen and oxygen atoms in total. The highest BCUT2D eigenvalue weighted by Gasteiger charge is 2.13. The van der Waals surface area contributed by atoms with Gasteiger partial charge in [0.05, 0.1) is 11.7 Å². The fraction of sp³-hybridized carbons (Fsp3) is 0.105. The van der Waals surface area contributed by atoms with Gasteiger partial charge in [-0.15, -0.1) is 10.2 Å². The van der Waals surface area contributed by atoms with Gasteiger partial charge in [-0.25, -0.2) is 4.39 Å². The number of carbonyl (C=O) groups is 1. The van der Waals surface area contributed by atoms with Crippen LogP contribution in [0.15, 0.2) is 66.7 Å². The van der Waals surface area contributed by atoms with E-state index in [9.17, 15) is 9.18 Å². The van der Waals surface area contributed by atoms with E-state index in [1.54, 1.807) is 30.3 Å². The van der Waals surface area contributed by atoms with Gasteiger partial charge in [-0.05, 0) is 36.8 Å². The molecule has 3 rings (SSSR count). The van der Waals surface area contributed by atoms with Gasteiger partial charge < -0.3 is 10.6 Å². The van der Waals surface area contributed by atoms with Crippen LogP contribution in [-0.2, 0) is 0 Å². The van der Waals surface area contributed by atoms with Crippen molar-refractivity contribution in [3.8, 4) is 0 Å². The van der Waals surface area contributed by atoms with Gasteiger partial charge in [0.15, 0.2) is 11.5 Å². The average Bonchev–Trinajstić information content (AvgIpc) is 2.65. The van der Waals surface area contributed by atoms with E-state index >= 15 is 0 Å². The van der Waals surface area contributed by atoms with Gasteiger partial charge in [-0.3, -0.25) is 4.79 Å². The molecule has 25 heavy (non-hydrogen) atoms. The van der Waals surface area contributed by atoms with Gasteiger partial charge in [0.2, 0.25) is 0 Å². The molecular weight excluding hydrogens is 319 g/mol. The number of benzene rings is 2. The lowest BCUT2D eigenvalue weighted by atomic mass is 10.1. The molecule has 0 fully saturated rings. The zero-order valence-corrected chi connectivity index (χ0v) is 13.6. The number of aromatic nitrogens is 2. The van der Waals surface area contributed by atoms with Crippen molar-refractivity contribution in [2.24, 2.45) is 0 Å². The SMILES string of the molecule is CC(NC(=O)c1ccc(Nc2ccccc2F)nn1)c1ccccc1. The molecule has 0 aliphatic rings. The van der Waals surface area contributed by atoms with Gasteiger partial charge in [0.25, 0.3) is 5.91 Å². The minimum Gasteiger partial charge on any atom is -0.344 e. The van der Waals surface area contributed by atoms with Crippen LogP contribution in [0.3, 0.4) is 0 Å². The fourth-order valence-electron chi connectivity index (χ4n) is 2.32. The topological polar surface area (TPSA) is 66.9 Å². The number of carbonyl (C=O) groups excluding carboxylic acids is 1. The standard InChI is InChI=1S/C19H17FN4O/c1-13(14-7-3-2-4-8-14)21-19(25)17-11-12-18(24-23-17)22-16-10-6-5-9-15(16)20/h2-13H,1H3,(H,21,25)(H,22,24). The first-order valence-corrected chi connectivity index (χ1v) is 7.84. The first-order chi connectivity index (χ1) is 12.1. The maximum atomic E-state index is 13.6. The third-order valence-corrected chi connectivity index (χ3v) is 3.68. The summed E-state index contributed by atoms with van der Waals surface area (Å²) in [5.41, 5.74) is 1.50. The van der Waals surface area contributed by atoms with Crippen molar-refractivity contribution in [1.82, 2.24) is 15.5 Å². The zero-order valence-electron chi connectivity index (χ0n) is 13.6. The van der Waals surface area contributed by atoms with Crippen LogP contribution < -0.4 is 10.6 Å². The van der Waals surface area contributed by atoms with Crippen molar-refractivity contribution >= 4 is 17.4 Å². The Morgan fingerprint density at radius 1 is 0.960 bits per heavy atom. The number of amides is 1. The van der Waals surface area contributed by atoms with Gasteiger partial charge >= 0.3 is 0 Å². The Morgan fingerprint density at radius 3 is 2.36 bits per heavy atom. The molecule has 0 aliphatic heterocycles. The maximum Gasteiger partial charge on any atom is 0.272 e. The van der Waals surface area contributed by atoms with E-state index in [4.69, 9.17) is 0 Å². The van der Waals surface area contributed by atoms with E-state index in [2.05, 4.69) is 20.8 Å². The first kappa shape index (κ1) is 16.6. The van der Waals surface area contributed by atoms with E-state index in [0.29, 0.717) is 11.5 Å². The van der Waals surface area contributed by atoms with Crippen molar-refractivity contribution in [2.45, 2.75) is 13.0 Å². The highest BCUT2D eigenvalue weighted by molar-refractivity contribution is 5.92. The molecule has 3 aromatic rings. The molecule has 1 amide bonds. The molecule has 6 heteroatoms. The maximum absolute atomic E-state index is 13.6. The first-order valence-electron chi connectivity index (χ1n) is 7.84. The Labute approximate surface area is 144 Å². The molecule has 126 valence electrons. The van der Waals surface area contributed by atoms with Crippen LogP contribution in [0, 0.1) is 5.82 Å². The number of halogens is 1. The molecule has 0 saturated carbocycles. The molecule has 0 aliphatic carbocycles. The summed E-state index contributed by atoms with van der Waals surface area (Å²) in [6.07, 6.45) is 0. The minimum absolute atomic E-state index is 0.147. The van der Waals surface area contributed by atoms with E-state index in [1.807, 2.05) is 37.3 Å². The number of hydrogen-bond acceptors (Lipinski definition) is 4. The molecule has 1 heterocycles. The summed E-state index contributed by atoms with van der Waals surface area (Å²) in [6, 6.07) is 18.9. The molecule has 0 spiro atoms. The fourth-order valence-corrected chi connectivity index (χ4v) is 2.32. The second-order valence-electron chi connectivity index (χ2n) is 5.51. The lowest BCUT2D eigenvalue weighted by Crippen LogP contribution is -2.27. The molecular formula is C19H17FN4O. The van der Waals surface area contributed by atoms with Crippen molar-refractivity contribution in [2.75, 3.05) is 5.32 Å². The Balaban J connectivity index is 1.65. The van der Waals surface area contributed by atoms with E-state index in [1.165, 1.54) is 6.07 Å². The number of nitrogens with zero attached hydrogens (tertiary/aromatic N) is 2. The lowest BCUT2D eigenvalue weighted by Gasteiger charge is -2.13. The van der Waals surface area contributed by atoms with Crippen LogP contribution in [0.1, 0.15) is 29.0 Å². The molecule has 1 atom stereocenters. The van der Waals surface area contributed by atoms with Gasteiger partial charge in [0, 0.05) is 0 Å². The highest BCUT2D eigenvalue weighted by atomic mass is 19.1. The van der Waals surface area contributed by atoms with Gasteiger partial charge in [0.1, 0.15) is 5.82 Å². The van der Waals surface area contributed by atoms with E-state index < -0.39 is 0 Å². The summed E-state index contributed by atoms with van der Waals surface area (Å²) in [5, 5.41) is 13.5. The van der Waals surface area contributed by atoms with Crippen LogP contribution in [0.5, 0.6) is 0 Å². The van der Waals surface area contributed by atoms with Crippen LogP contribution in [0.4, 0.5) is 15.9 Å². The molecule has 0 bridgehead atoms. The minimum atomic E-state index is -0.386. The Bertz CT molecular complexity index is 853. The van der Waals surface area contributed by atoms with Gasteiger partial charge in [-0.2, -0.15) is 0 Å². The number of nitrogens with one attached hydrogen (secondary N) is 2. The summed E-state index contributed by atoms with van der Waals surface area (Å²) in [4.78, 5) is 12.3. The zero-order chi connectivity index (χ0) is 17.6. The number of para-hydroxylation sites is 1. The second kappa shape index (κ2) is 7.53. The summed E-state index contributed by atoms with van der Waals surface area (Å²) >= 11 is 0. The second-order valence-corrected chi connectivity index (χ2v) is 5.51.